The van der Waals surface area contributed by atoms with Crippen LogP contribution in [-0.4, -0.2) is 43.0 Å². The number of hydrogen-bond acceptors (Lipinski definition) is 5. The maximum absolute atomic E-state index is 13.2. The number of nitrogens with zero attached hydrogens (tertiary/aromatic N) is 5. The van der Waals surface area contributed by atoms with Gasteiger partial charge in [0.2, 0.25) is 0 Å². The summed E-state index contributed by atoms with van der Waals surface area (Å²) >= 11 is 0. The number of carbonyl (C=O) groups is 1. The molecule has 0 spiro atoms. The summed E-state index contributed by atoms with van der Waals surface area (Å²) in [4.78, 5) is 36.2. The first-order valence-corrected chi connectivity index (χ1v) is 11.6. The Kier molecular flexibility index (Phi) is 5.03. The van der Waals surface area contributed by atoms with Gasteiger partial charge in [-0.2, -0.15) is 0 Å². The van der Waals surface area contributed by atoms with Crippen molar-refractivity contribution in [2.45, 2.75) is 25.4 Å². The molecule has 1 aromatic carbocycles. The van der Waals surface area contributed by atoms with Crippen molar-refractivity contribution in [3.8, 4) is 0 Å². The summed E-state index contributed by atoms with van der Waals surface area (Å²) in [6, 6.07) is 12.3. The van der Waals surface area contributed by atoms with E-state index in [1.54, 1.807) is 6.07 Å². The smallest absolute Gasteiger partial charge is 0.276 e. The molecular weight excluding hydrogens is 428 g/mol. The first-order chi connectivity index (χ1) is 16.6. The monoisotopic (exact) mass is 454 g/mol. The van der Waals surface area contributed by atoms with Gasteiger partial charge in [-0.1, -0.05) is 18.2 Å². The van der Waals surface area contributed by atoms with Gasteiger partial charge in [0, 0.05) is 74.3 Å². The summed E-state index contributed by atoms with van der Waals surface area (Å²) in [6.07, 6.45) is 7.68. The van der Waals surface area contributed by atoms with E-state index in [-0.39, 0.29) is 16.9 Å². The zero-order valence-corrected chi connectivity index (χ0v) is 19.0. The molecule has 0 aliphatic carbocycles. The van der Waals surface area contributed by atoms with Gasteiger partial charge in [-0.25, -0.2) is 4.98 Å². The summed E-state index contributed by atoms with van der Waals surface area (Å²) in [5.41, 5.74) is 3.98. The Hall–Kier alpha value is -3.78. The minimum Gasteiger partial charge on any atom is -0.350 e. The molecule has 2 atom stereocenters. The number of hydrogen-bond donors (Lipinski definition) is 1. The number of piperidine rings is 1. The fourth-order valence-corrected chi connectivity index (χ4v) is 5.66. The maximum atomic E-state index is 13.2. The molecule has 5 heterocycles. The number of likely N-dealkylation sites (tertiary alicyclic amines) is 1. The first kappa shape index (κ1) is 20.8. The van der Waals surface area contributed by atoms with Crippen LogP contribution in [0.25, 0.3) is 10.9 Å². The van der Waals surface area contributed by atoms with Gasteiger partial charge in [0.15, 0.2) is 0 Å². The van der Waals surface area contributed by atoms with Crippen molar-refractivity contribution in [2.24, 2.45) is 13.0 Å². The summed E-state index contributed by atoms with van der Waals surface area (Å²) in [5.74, 6) is 0.285. The quantitative estimate of drug-likeness (QED) is 0.512. The van der Waals surface area contributed by atoms with Crippen LogP contribution in [0.5, 0.6) is 0 Å². The molecule has 1 N–H and O–H groups in total. The van der Waals surface area contributed by atoms with E-state index < -0.39 is 5.91 Å². The Bertz CT molecular complexity index is 1440. The van der Waals surface area contributed by atoms with E-state index in [1.165, 1.54) is 35.1 Å². The SMILES string of the molecule is Cn1cc(CN2CC3CC(C2)c2ccc(NC(=O)c4cnccn4)c(=O)n2C3)c2ccccc21. The Balaban J connectivity index is 1.23. The normalized spacial score (nSPS) is 19.7. The van der Waals surface area contributed by atoms with Crippen LogP contribution < -0.4 is 10.9 Å². The second kappa shape index (κ2) is 8.22. The predicted octanol–water partition coefficient (Wildman–Crippen LogP) is 3.00. The van der Waals surface area contributed by atoms with Crippen LogP contribution in [0.2, 0.25) is 0 Å². The van der Waals surface area contributed by atoms with Gasteiger partial charge < -0.3 is 14.5 Å². The van der Waals surface area contributed by atoms with Crippen LogP contribution in [0.15, 0.2) is 66.0 Å². The van der Waals surface area contributed by atoms with Crippen molar-refractivity contribution in [1.29, 1.82) is 0 Å². The van der Waals surface area contributed by atoms with Crippen molar-refractivity contribution < 1.29 is 4.79 Å². The van der Waals surface area contributed by atoms with Crippen LogP contribution in [-0.2, 0) is 20.1 Å². The predicted molar refractivity (Wildman–Crippen MR) is 130 cm³/mol. The highest BCUT2D eigenvalue weighted by atomic mass is 16.2. The van der Waals surface area contributed by atoms with Crippen LogP contribution in [0, 0.1) is 5.92 Å². The van der Waals surface area contributed by atoms with E-state index in [0.717, 1.165) is 31.7 Å². The number of rotatable bonds is 4. The van der Waals surface area contributed by atoms with E-state index >= 15 is 0 Å². The molecule has 2 aliphatic heterocycles. The Morgan fingerprint density at radius 1 is 1.12 bits per heavy atom. The van der Waals surface area contributed by atoms with Crippen molar-refractivity contribution in [2.75, 3.05) is 18.4 Å². The average molecular weight is 455 g/mol. The molecule has 3 aromatic heterocycles. The van der Waals surface area contributed by atoms with Crippen LogP contribution >= 0.6 is 0 Å². The molecule has 8 nitrogen and oxygen atoms in total. The molecule has 1 amide bonds. The average Bonchev–Trinajstić information content (AvgIpc) is 3.17. The third-order valence-electron chi connectivity index (χ3n) is 7.10. The van der Waals surface area contributed by atoms with Gasteiger partial charge in [-0.3, -0.25) is 19.5 Å². The van der Waals surface area contributed by atoms with Gasteiger partial charge in [0.05, 0.1) is 6.20 Å². The molecule has 0 saturated carbocycles. The fourth-order valence-electron chi connectivity index (χ4n) is 5.66. The number of amides is 1. The van der Waals surface area contributed by atoms with Gasteiger partial charge >= 0.3 is 0 Å². The van der Waals surface area contributed by atoms with Crippen molar-refractivity contribution in [3.05, 3.63) is 88.5 Å². The van der Waals surface area contributed by atoms with E-state index in [0.29, 0.717) is 18.4 Å². The maximum Gasteiger partial charge on any atom is 0.276 e. The topological polar surface area (TPSA) is 85.1 Å². The highest BCUT2D eigenvalue weighted by Gasteiger charge is 2.35. The number of anilines is 1. The lowest BCUT2D eigenvalue weighted by atomic mass is 9.83. The molecule has 2 unspecified atom stereocenters. The van der Waals surface area contributed by atoms with Gasteiger partial charge in [-0.15, -0.1) is 0 Å². The largest absolute Gasteiger partial charge is 0.350 e. The zero-order valence-electron chi connectivity index (χ0n) is 19.0. The van der Waals surface area contributed by atoms with Crippen LogP contribution in [0.4, 0.5) is 5.69 Å². The Morgan fingerprint density at radius 2 is 2.00 bits per heavy atom. The minimum atomic E-state index is -0.428. The molecular formula is C26H26N6O2. The summed E-state index contributed by atoms with van der Waals surface area (Å²) < 4.78 is 4.06. The van der Waals surface area contributed by atoms with Crippen molar-refractivity contribution >= 4 is 22.5 Å². The standard InChI is InChI=1S/C26H26N6O2/c1-30-14-19(20-4-2-3-5-24(20)30)16-31-12-17-10-18(15-31)23-7-6-21(26(34)32(23)13-17)29-25(33)22-11-27-8-9-28-22/h2-9,11,14,17-18H,10,12-13,15-16H2,1H3,(H,29,33). The lowest BCUT2D eigenvalue weighted by molar-refractivity contribution is 0.102. The zero-order chi connectivity index (χ0) is 23.2. The first-order valence-electron chi connectivity index (χ1n) is 11.6. The molecule has 4 aromatic rings. The highest BCUT2D eigenvalue weighted by molar-refractivity contribution is 6.02. The minimum absolute atomic E-state index is 0.146. The fraction of sp³-hybridized carbons (Fsp3) is 0.308. The second-order valence-electron chi connectivity index (χ2n) is 9.41. The number of para-hydroxylation sites is 1. The summed E-state index contributed by atoms with van der Waals surface area (Å²) in [7, 11) is 2.10. The Labute approximate surface area is 196 Å². The van der Waals surface area contributed by atoms with Gasteiger partial charge in [0.25, 0.3) is 11.5 Å². The molecule has 0 radical (unpaired) electrons. The van der Waals surface area contributed by atoms with E-state index in [1.807, 2.05) is 10.6 Å². The molecule has 1 fully saturated rings. The van der Waals surface area contributed by atoms with E-state index in [2.05, 4.69) is 62.3 Å². The summed E-state index contributed by atoms with van der Waals surface area (Å²) in [5, 5.41) is 4.02. The lowest BCUT2D eigenvalue weighted by Gasteiger charge is -2.43. The molecule has 6 rings (SSSR count). The lowest BCUT2D eigenvalue weighted by Crippen LogP contribution is -2.47. The third kappa shape index (κ3) is 3.60. The van der Waals surface area contributed by atoms with Crippen molar-refractivity contribution in [1.82, 2.24) is 24.0 Å². The molecule has 2 bridgehead atoms. The molecule has 1 saturated heterocycles. The van der Waals surface area contributed by atoms with Gasteiger partial charge in [0.1, 0.15) is 11.4 Å². The summed E-state index contributed by atoms with van der Waals surface area (Å²) in [6.45, 7) is 3.46. The molecule has 34 heavy (non-hydrogen) atoms. The van der Waals surface area contributed by atoms with Gasteiger partial charge in [-0.05, 0) is 36.1 Å². The number of carbonyl (C=O) groups excluding carboxylic acids is 1. The highest BCUT2D eigenvalue weighted by Crippen LogP contribution is 2.36. The number of aryl methyl sites for hydroxylation is 1. The second-order valence-corrected chi connectivity index (χ2v) is 9.41. The number of aromatic nitrogens is 4. The Morgan fingerprint density at radius 3 is 2.85 bits per heavy atom. The molecule has 8 heteroatoms. The van der Waals surface area contributed by atoms with Crippen LogP contribution in [0.1, 0.15) is 34.1 Å². The van der Waals surface area contributed by atoms with E-state index in [4.69, 9.17) is 0 Å². The number of nitrogens with one attached hydrogen (secondary N) is 1. The number of benzene rings is 1. The number of fused-ring (bicyclic) bond motifs is 5. The number of pyridine rings is 1. The molecule has 172 valence electrons. The van der Waals surface area contributed by atoms with E-state index in [9.17, 15) is 9.59 Å². The molecule has 2 aliphatic rings. The van der Waals surface area contributed by atoms with Crippen LogP contribution in [0.3, 0.4) is 0 Å². The van der Waals surface area contributed by atoms with Crippen molar-refractivity contribution in [3.63, 3.8) is 0 Å². The third-order valence-corrected chi connectivity index (χ3v) is 7.10.